The average molecular weight is 1880 g/mol. The van der Waals surface area contributed by atoms with E-state index in [0.29, 0.717) is 39.6 Å². The fourth-order valence-corrected chi connectivity index (χ4v) is 23.5. The van der Waals surface area contributed by atoms with E-state index >= 15 is 8.78 Å². The summed E-state index contributed by atoms with van der Waals surface area (Å²) >= 11 is 0. The van der Waals surface area contributed by atoms with Crippen LogP contribution in [0.1, 0.15) is 93.5 Å². The number of nitrogens with zero attached hydrogens (tertiary/aromatic N) is 4. The van der Waals surface area contributed by atoms with Gasteiger partial charge in [-0.25, -0.2) is 8.78 Å². The van der Waals surface area contributed by atoms with E-state index < -0.39 is 16.2 Å². The summed E-state index contributed by atoms with van der Waals surface area (Å²) in [5.74, 6) is 1.05. The maximum Gasteiger partial charge on any atom is 0.123 e. The van der Waals surface area contributed by atoms with Crippen LogP contribution in [0.4, 0.5) is 77.0 Å². The predicted molar refractivity (Wildman–Crippen MR) is 586 cm³/mol. The normalized spacial score (nSPS) is 15.9. The molecule has 0 bridgehead atoms. The van der Waals surface area contributed by atoms with Crippen LogP contribution in [-0.2, 0) is 25.7 Å². The van der Waals surface area contributed by atoms with Crippen molar-refractivity contribution in [2.45, 2.75) is 42.9 Å². The number of hydrogen-bond donors (Lipinski definition) is 0. The number of ether oxygens (including phenoxy) is 4. The van der Waals surface area contributed by atoms with Crippen LogP contribution in [0.2, 0.25) is 0 Å². The van der Waals surface area contributed by atoms with Crippen molar-refractivity contribution in [2.24, 2.45) is 10.8 Å². The zero-order valence-electron chi connectivity index (χ0n) is 80.7. The maximum absolute atomic E-state index is 15.2. The minimum absolute atomic E-state index is 0.0283. The quantitative estimate of drug-likeness (QED) is 0.0481. The lowest BCUT2D eigenvalue weighted by Crippen LogP contribution is -2.46. The molecular formula is C135H104F2N4O4. The molecule has 8 nitrogen and oxygen atoms in total. The van der Waals surface area contributed by atoms with Crippen molar-refractivity contribution in [1.29, 1.82) is 0 Å². The molecule has 2 fully saturated rings. The molecule has 0 N–H and O–H groups in total. The van der Waals surface area contributed by atoms with E-state index in [4.69, 9.17) is 18.9 Å². The number of rotatable bonds is 28. The van der Waals surface area contributed by atoms with Gasteiger partial charge in [-0.1, -0.05) is 317 Å². The molecular weight excluding hydrogens is 1780 g/mol. The molecule has 20 aromatic rings. The van der Waals surface area contributed by atoms with Crippen LogP contribution in [0.25, 0.3) is 55.6 Å². The highest BCUT2D eigenvalue weighted by atomic mass is 19.1. The lowest BCUT2D eigenvalue weighted by atomic mass is 9.67. The number of hydrogen-bond acceptors (Lipinski definition) is 8. The van der Waals surface area contributed by atoms with Gasteiger partial charge in [0.05, 0.1) is 66.7 Å². The molecule has 2 heterocycles. The van der Waals surface area contributed by atoms with Gasteiger partial charge in [-0.05, 0) is 329 Å². The topological polar surface area (TPSA) is 49.9 Å². The van der Waals surface area contributed by atoms with Gasteiger partial charge in [0.1, 0.15) is 23.1 Å². The summed E-state index contributed by atoms with van der Waals surface area (Å²) in [5, 5.41) is 0. The van der Waals surface area contributed by atoms with Gasteiger partial charge in [-0.3, -0.25) is 0 Å². The monoisotopic (exact) mass is 1880 g/mol. The number of halogens is 2. The summed E-state index contributed by atoms with van der Waals surface area (Å²) < 4.78 is 54.8. The molecule has 0 saturated carbocycles. The molecule has 5 aliphatic rings. The summed E-state index contributed by atoms with van der Waals surface area (Å²) in [6.45, 7) is 8.41. The number of para-hydroxylation sites is 4. The van der Waals surface area contributed by atoms with E-state index in [-0.39, 0.29) is 22.5 Å². The first-order valence-electron chi connectivity index (χ1n) is 50.3. The second kappa shape index (κ2) is 37.1. The lowest BCUT2D eigenvalue weighted by molar-refractivity contribution is -0.133. The van der Waals surface area contributed by atoms with Gasteiger partial charge < -0.3 is 38.5 Å². The fraction of sp³-hybridized carbons (Fsp3) is 0.111. The summed E-state index contributed by atoms with van der Waals surface area (Å²) in [4.78, 5) is 9.40. The number of benzene rings is 20. The van der Waals surface area contributed by atoms with E-state index in [1.54, 1.807) is 24.3 Å². The van der Waals surface area contributed by atoms with E-state index in [0.717, 1.165) is 193 Å². The first-order chi connectivity index (χ1) is 71.5. The Hall–Kier alpha value is -17.0. The molecule has 2 atom stereocenters. The van der Waals surface area contributed by atoms with Crippen LogP contribution in [0.5, 0.6) is 11.5 Å². The second-order valence-electron chi connectivity index (χ2n) is 39.2. The van der Waals surface area contributed by atoms with E-state index in [2.05, 4.69) is 482 Å². The molecule has 0 radical (unpaired) electrons. The SMILES string of the molecule is CCC1(COc2ccc(C3(c4ccc(F)cc4)c4ccccc4-c4ccc(N(c5ccccc5)c5ccc(-c6ccc(N(c7ccccc7)c7ccc(C8(c9ccc(N(c%10ccccc%10)c%10ccc(-c%11ccc(N(c%12ccccc%12)c%12ccc%13c(c%12)C(c%12ccc(F)cc%12)(c%12ccc(OCC%14(CC)COC%14)cc%12)c%12ccccc%12-%13)cc%11)cc%10)cc9)c9ccccc9-c9ccccc98)cc7)cc6)cc5)cc43)cc2)COC1. The van der Waals surface area contributed by atoms with E-state index in [1.807, 2.05) is 24.3 Å². The predicted octanol–water partition coefficient (Wildman–Crippen LogP) is 33.9. The molecule has 145 heavy (non-hydrogen) atoms. The van der Waals surface area contributed by atoms with Crippen LogP contribution < -0.4 is 29.1 Å². The van der Waals surface area contributed by atoms with Crippen LogP contribution in [0, 0.1) is 22.5 Å². The molecule has 0 aromatic heterocycles. The highest BCUT2D eigenvalue weighted by Gasteiger charge is 2.51. The molecule has 2 saturated heterocycles. The molecule has 702 valence electrons. The first kappa shape index (κ1) is 89.3. The molecule has 25 rings (SSSR count). The third kappa shape index (κ3) is 15.4. The van der Waals surface area contributed by atoms with Gasteiger partial charge >= 0.3 is 0 Å². The Morgan fingerprint density at radius 2 is 0.407 bits per heavy atom. The van der Waals surface area contributed by atoms with Crippen molar-refractivity contribution < 1.29 is 27.7 Å². The fourth-order valence-electron chi connectivity index (χ4n) is 23.5. The van der Waals surface area contributed by atoms with E-state index in [9.17, 15) is 0 Å². The van der Waals surface area contributed by atoms with Gasteiger partial charge in [0.2, 0.25) is 0 Å². The highest BCUT2D eigenvalue weighted by Crippen LogP contribution is 2.62. The molecule has 2 unspecified atom stereocenters. The third-order valence-corrected chi connectivity index (χ3v) is 31.2. The molecule has 20 aromatic carbocycles. The standard InChI is InChI=1S/C135H104F2N4O4/c1-3-131(87-142-88-131)91-144-117-79-57-101(58-80-117)134(97-49-61-103(136)62-50-97)127-39-23-19-35-121(127)123-83-77-115(85-129(123)134)140(107-29-13-7-14-30-107)111-69-45-95(46-70-111)93-41-65-109(66-42-93)138(105-25-9-5-10-26-105)113-73-53-99(54-74-113)133(125-37-21-17-33-119(125)120-34-18-22-38-126(120)133)100-55-75-114(76-56-100)139(106-27-11-6-12-28-106)110-67-43-94(44-68-110)96-47-71-112(72-48-96)141(108-31-15-8-16-32-108)116-78-84-124-122-36-20-24-40-128(122)135(130(124)86-116,98-51-63-104(137)64-52-98)102-59-81-118(82-60-102)145-92-132(4-2)89-143-90-132/h5-86H,3-4,87-92H2,1-2H3. The van der Waals surface area contributed by atoms with Crippen LogP contribution in [0.3, 0.4) is 0 Å². The molecule has 3 aliphatic carbocycles. The van der Waals surface area contributed by atoms with Crippen molar-refractivity contribution >= 4 is 68.2 Å². The second-order valence-corrected chi connectivity index (χ2v) is 39.2. The molecule has 10 heteroatoms. The minimum Gasteiger partial charge on any atom is -0.493 e. The Bertz CT molecular complexity index is 7620. The Kier molecular flexibility index (Phi) is 22.9. The smallest absolute Gasteiger partial charge is 0.123 e. The Morgan fingerprint density at radius 1 is 0.207 bits per heavy atom. The highest BCUT2D eigenvalue weighted by molar-refractivity contribution is 5.94. The molecule has 0 spiro atoms. The largest absolute Gasteiger partial charge is 0.493 e. The van der Waals surface area contributed by atoms with Crippen molar-refractivity contribution in [3.05, 3.63) is 576 Å². The molecule has 2 aliphatic heterocycles. The van der Waals surface area contributed by atoms with Crippen LogP contribution >= 0.6 is 0 Å². The van der Waals surface area contributed by atoms with Crippen LogP contribution in [0.15, 0.2) is 497 Å². The lowest BCUT2D eigenvalue weighted by Gasteiger charge is -2.40. The van der Waals surface area contributed by atoms with E-state index in [1.165, 1.54) is 22.3 Å². The van der Waals surface area contributed by atoms with Gasteiger partial charge in [0.25, 0.3) is 0 Å². The Balaban J connectivity index is 0.509. The summed E-state index contributed by atoms with van der Waals surface area (Å²) in [7, 11) is 0. The average Bonchev–Trinajstić information content (AvgIpc) is 1.54. The van der Waals surface area contributed by atoms with Crippen molar-refractivity contribution in [3.63, 3.8) is 0 Å². The number of fused-ring (bicyclic) bond motifs is 9. The Labute approximate surface area is 846 Å². The maximum atomic E-state index is 15.2. The van der Waals surface area contributed by atoms with Crippen molar-refractivity contribution in [3.8, 4) is 67.1 Å². The van der Waals surface area contributed by atoms with Crippen molar-refractivity contribution in [1.82, 2.24) is 0 Å². The zero-order chi connectivity index (χ0) is 97.2. The number of anilines is 12. The summed E-state index contributed by atoms with van der Waals surface area (Å²) in [6, 6.07) is 177. The van der Waals surface area contributed by atoms with Gasteiger partial charge in [0.15, 0.2) is 0 Å². The van der Waals surface area contributed by atoms with Crippen molar-refractivity contribution in [2.75, 3.05) is 59.2 Å². The van der Waals surface area contributed by atoms with Gasteiger partial charge in [-0.2, -0.15) is 0 Å². The zero-order valence-corrected chi connectivity index (χ0v) is 80.7. The first-order valence-corrected chi connectivity index (χ1v) is 50.3. The van der Waals surface area contributed by atoms with Gasteiger partial charge in [0, 0.05) is 68.2 Å². The molecule has 0 amide bonds. The summed E-state index contributed by atoms with van der Waals surface area (Å²) in [6.07, 6.45) is 1.97. The Morgan fingerprint density at radius 3 is 0.655 bits per heavy atom. The van der Waals surface area contributed by atoms with Gasteiger partial charge in [-0.15, -0.1) is 0 Å². The minimum atomic E-state index is -0.802. The van der Waals surface area contributed by atoms with Crippen LogP contribution in [-0.4, -0.2) is 39.6 Å². The third-order valence-electron chi connectivity index (χ3n) is 31.2. The summed E-state index contributed by atoms with van der Waals surface area (Å²) in [5.41, 5.74) is 34.7.